The summed E-state index contributed by atoms with van der Waals surface area (Å²) in [7, 11) is 1.68. The van der Waals surface area contributed by atoms with Crippen LogP contribution in [0.1, 0.15) is 86.3 Å². The molecule has 0 bridgehead atoms. The van der Waals surface area contributed by atoms with Crippen LogP contribution >= 0.6 is 12.0 Å². The fraction of sp³-hybridized carbons (Fsp3) is 0.588. The maximum Gasteiger partial charge on any atom is 0.150 e. The summed E-state index contributed by atoms with van der Waals surface area (Å²) >= 11 is 1.38. The number of carbonyl (C=O) groups excluding carboxylic acids is 1. The van der Waals surface area contributed by atoms with Crippen molar-refractivity contribution in [2.45, 2.75) is 64.2 Å². The van der Waals surface area contributed by atoms with E-state index in [-0.39, 0.29) is 0 Å². The first-order valence-corrected chi connectivity index (χ1v) is 7.95. The van der Waals surface area contributed by atoms with Gasteiger partial charge < -0.3 is 4.18 Å². The van der Waals surface area contributed by atoms with Crippen LogP contribution in [0.15, 0.2) is 11.0 Å². The Labute approximate surface area is 127 Å². The largest absolute Gasteiger partial charge is 0.314 e. The molecule has 3 heteroatoms. The molecule has 0 aliphatic rings. The molecule has 1 aromatic rings. The summed E-state index contributed by atoms with van der Waals surface area (Å²) in [6, 6.07) is 2.19. The van der Waals surface area contributed by atoms with E-state index >= 15 is 0 Å². The molecule has 0 heterocycles. The minimum absolute atomic E-state index is 0.295. The van der Waals surface area contributed by atoms with E-state index in [1.165, 1.54) is 17.6 Å². The van der Waals surface area contributed by atoms with Crippen molar-refractivity contribution >= 4 is 18.3 Å². The normalized spacial score (nSPS) is 11.7. The quantitative estimate of drug-likeness (QED) is 0.510. The highest BCUT2D eigenvalue weighted by Crippen LogP contribution is 2.40. The molecule has 0 spiro atoms. The maximum atomic E-state index is 11.6. The van der Waals surface area contributed by atoms with Gasteiger partial charge in [0.2, 0.25) is 0 Å². The molecule has 1 rings (SSSR count). The standard InChI is InChI=1S/C17H26O2S/c1-10(2)13-8-14(11(3)4)17(20-19-7)16(12(5)6)15(13)9-18/h8-12H,1-7H3. The Morgan fingerprint density at radius 2 is 1.55 bits per heavy atom. The van der Waals surface area contributed by atoms with Crippen molar-refractivity contribution in [1.82, 2.24) is 0 Å². The van der Waals surface area contributed by atoms with Crippen molar-refractivity contribution in [2.24, 2.45) is 0 Å². The fourth-order valence-corrected chi connectivity index (χ4v) is 3.52. The van der Waals surface area contributed by atoms with E-state index in [1.807, 2.05) is 0 Å². The Morgan fingerprint density at radius 3 is 1.90 bits per heavy atom. The highest BCUT2D eigenvalue weighted by Gasteiger charge is 2.23. The lowest BCUT2D eigenvalue weighted by atomic mass is 9.85. The third-order valence-electron chi connectivity index (χ3n) is 3.52. The molecule has 0 fully saturated rings. The smallest absolute Gasteiger partial charge is 0.150 e. The number of benzene rings is 1. The van der Waals surface area contributed by atoms with E-state index in [1.54, 1.807) is 7.11 Å². The van der Waals surface area contributed by atoms with Gasteiger partial charge in [-0.2, -0.15) is 0 Å². The van der Waals surface area contributed by atoms with Crippen LogP contribution < -0.4 is 0 Å². The van der Waals surface area contributed by atoms with Crippen LogP contribution in [0.2, 0.25) is 0 Å². The SMILES string of the molecule is COSc1c(C(C)C)cc(C(C)C)c(C=O)c1C(C)C. The first-order chi connectivity index (χ1) is 9.34. The van der Waals surface area contributed by atoms with E-state index < -0.39 is 0 Å². The summed E-state index contributed by atoms with van der Waals surface area (Å²) in [5.74, 6) is 1.04. The van der Waals surface area contributed by atoms with Gasteiger partial charge in [0.1, 0.15) is 0 Å². The molecule has 0 aliphatic carbocycles. The van der Waals surface area contributed by atoms with E-state index in [9.17, 15) is 4.79 Å². The molecular weight excluding hydrogens is 268 g/mol. The van der Waals surface area contributed by atoms with Crippen LogP contribution in [0.25, 0.3) is 0 Å². The zero-order valence-corrected chi connectivity index (χ0v) is 14.4. The zero-order valence-electron chi connectivity index (χ0n) is 13.6. The van der Waals surface area contributed by atoms with Gasteiger partial charge in [-0.1, -0.05) is 47.6 Å². The Morgan fingerprint density at radius 1 is 1.00 bits per heavy atom. The van der Waals surface area contributed by atoms with E-state index in [2.05, 4.69) is 47.6 Å². The molecule has 0 amide bonds. The molecule has 0 unspecified atom stereocenters. The Bertz CT molecular complexity index is 476. The summed E-state index contributed by atoms with van der Waals surface area (Å²) in [4.78, 5) is 12.8. The summed E-state index contributed by atoms with van der Waals surface area (Å²) < 4.78 is 5.31. The van der Waals surface area contributed by atoms with Crippen molar-refractivity contribution < 1.29 is 8.98 Å². The molecule has 2 nitrogen and oxygen atoms in total. The zero-order chi connectivity index (χ0) is 15.4. The first-order valence-electron chi connectivity index (χ1n) is 7.21. The fourth-order valence-electron chi connectivity index (χ4n) is 2.53. The molecule has 0 aliphatic heterocycles. The predicted molar refractivity (Wildman–Crippen MR) is 87.0 cm³/mol. The lowest BCUT2D eigenvalue weighted by molar-refractivity contribution is 0.112. The van der Waals surface area contributed by atoms with Crippen LogP contribution in [-0.2, 0) is 4.18 Å². The van der Waals surface area contributed by atoms with E-state index in [4.69, 9.17) is 4.18 Å². The number of hydrogen-bond donors (Lipinski definition) is 0. The molecule has 112 valence electrons. The minimum atomic E-state index is 0.295. The summed E-state index contributed by atoms with van der Waals surface area (Å²) in [5.41, 5.74) is 4.39. The Balaban J connectivity index is 3.74. The Hall–Kier alpha value is -0.800. The molecule has 0 saturated carbocycles. The number of carbonyl (C=O) groups is 1. The molecule has 1 aromatic carbocycles. The number of hydrogen-bond acceptors (Lipinski definition) is 3. The van der Waals surface area contributed by atoms with Crippen molar-refractivity contribution in [2.75, 3.05) is 7.11 Å². The van der Waals surface area contributed by atoms with Crippen LogP contribution in [0.3, 0.4) is 0 Å². The number of aldehydes is 1. The third-order valence-corrected chi connectivity index (χ3v) is 4.31. The molecule has 0 aromatic heterocycles. The second kappa shape index (κ2) is 7.28. The van der Waals surface area contributed by atoms with Gasteiger partial charge in [0.15, 0.2) is 6.29 Å². The average Bonchev–Trinajstić information content (AvgIpc) is 2.36. The third kappa shape index (κ3) is 3.44. The predicted octanol–water partition coefficient (Wildman–Crippen LogP) is 5.52. The van der Waals surface area contributed by atoms with Gasteiger partial charge in [0, 0.05) is 22.5 Å². The topological polar surface area (TPSA) is 26.3 Å². The average molecular weight is 294 g/mol. The van der Waals surface area contributed by atoms with Crippen LogP contribution in [-0.4, -0.2) is 13.4 Å². The molecule has 0 atom stereocenters. The second-order valence-electron chi connectivity index (χ2n) is 6.04. The number of rotatable bonds is 6. The molecule has 0 saturated heterocycles. The van der Waals surface area contributed by atoms with Gasteiger partial charge in [-0.05, 0) is 34.4 Å². The van der Waals surface area contributed by atoms with Gasteiger partial charge in [-0.3, -0.25) is 4.79 Å². The van der Waals surface area contributed by atoms with Crippen molar-refractivity contribution in [1.29, 1.82) is 0 Å². The lowest BCUT2D eigenvalue weighted by Crippen LogP contribution is -2.09. The Kier molecular flexibility index (Phi) is 6.28. The van der Waals surface area contributed by atoms with Crippen LogP contribution in [0.4, 0.5) is 0 Å². The molecular formula is C17H26O2S. The van der Waals surface area contributed by atoms with Gasteiger partial charge in [-0.15, -0.1) is 0 Å². The van der Waals surface area contributed by atoms with Crippen LogP contribution in [0.5, 0.6) is 0 Å². The van der Waals surface area contributed by atoms with Gasteiger partial charge >= 0.3 is 0 Å². The molecule has 0 radical (unpaired) electrons. The monoisotopic (exact) mass is 294 g/mol. The second-order valence-corrected chi connectivity index (χ2v) is 6.95. The van der Waals surface area contributed by atoms with Crippen molar-refractivity contribution in [3.8, 4) is 0 Å². The summed E-state index contributed by atoms with van der Waals surface area (Å²) in [5, 5.41) is 0. The summed E-state index contributed by atoms with van der Waals surface area (Å²) in [6.45, 7) is 12.9. The van der Waals surface area contributed by atoms with E-state index in [0.29, 0.717) is 17.8 Å². The summed E-state index contributed by atoms with van der Waals surface area (Å²) in [6.07, 6.45) is 1.01. The molecule has 0 N–H and O–H groups in total. The van der Waals surface area contributed by atoms with Crippen molar-refractivity contribution in [3.63, 3.8) is 0 Å². The highest BCUT2D eigenvalue weighted by molar-refractivity contribution is 7.94. The minimum Gasteiger partial charge on any atom is -0.314 e. The molecule has 20 heavy (non-hydrogen) atoms. The highest BCUT2D eigenvalue weighted by atomic mass is 32.2. The maximum absolute atomic E-state index is 11.6. The lowest BCUT2D eigenvalue weighted by Gasteiger charge is -2.24. The van der Waals surface area contributed by atoms with E-state index in [0.717, 1.165) is 27.9 Å². The van der Waals surface area contributed by atoms with Crippen LogP contribution in [0, 0.1) is 0 Å². The van der Waals surface area contributed by atoms with Gasteiger partial charge in [0.05, 0.1) is 7.11 Å². The van der Waals surface area contributed by atoms with Crippen molar-refractivity contribution in [3.05, 3.63) is 28.3 Å². The van der Waals surface area contributed by atoms with Gasteiger partial charge in [0.25, 0.3) is 0 Å². The first kappa shape index (κ1) is 17.3. The van der Waals surface area contributed by atoms with Gasteiger partial charge in [-0.25, -0.2) is 0 Å².